The van der Waals surface area contributed by atoms with E-state index in [2.05, 4.69) is 45.0 Å². The highest BCUT2D eigenvalue weighted by Gasteiger charge is 2.19. The first-order chi connectivity index (χ1) is 7.22. The van der Waals surface area contributed by atoms with Crippen LogP contribution in [0.3, 0.4) is 0 Å². The molecule has 0 spiro atoms. The summed E-state index contributed by atoms with van der Waals surface area (Å²) in [6, 6.07) is 8.51. The molecule has 0 aromatic heterocycles. The van der Waals surface area contributed by atoms with Crippen LogP contribution >= 0.6 is 0 Å². The van der Waals surface area contributed by atoms with E-state index in [0.29, 0.717) is 11.8 Å². The lowest BCUT2D eigenvalue weighted by Crippen LogP contribution is -2.15. The van der Waals surface area contributed by atoms with Crippen LogP contribution in [0.15, 0.2) is 24.3 Å². The molecular formula is C14H22O. The van der Waals surface area contributed by atoms with E-state index >= 15 is 0 Å². The largest absolute Gasteiger partial charge is 0.396 e. The molecule has 0 amide bonds. The lowest BCUT2D eigenvalue weighted by Gasteiger charge is -2.24. The molecule has 1 N–H and O–H groups in total. The van der Waals surface area contributed by atoms with Gasteiger partial charge in [-0.3, -0.25) is 0 Å². The Labute approximate surface area is 93.1 Å². The molecule has 0 radical (unpaired) electrons. The average molecular weight is 206 g/mol. The maximum Gasteiger partial charge on any atom is 0.0502 e. The summed E-state index contributed by atoms with van der Waals surface area (Å²) < 4.78 is 0. The second-order valence-electron chi connectivity index (χ2n) is 4.28. The Morgan fingerprint density at radius 1 is 1.20 bits per heavy atom. The number of hydrogen-bond donors (Lipinski definition) is 1. The van der Waals surface area contributed by atoms with Gasteiger partial charge in [-0.25, -0.2) is 0 Å². The fourth-order valence-corrected chi connectivity index (χ4v) is 2.29. The van der Waals surface area contributed by atoms with Crippen molar-refractivity contribution in [2.45, 2.75) is 39.5 Å². The Bertz CT molecular complexity index is 289. The van der Waals surface area contributed by atoms with E-state index < -0.39 is 0 Å². The second kappa shape index (κ2) is 5.92. The van der Waals surface area contributed by atoms with Crippen molar-refractivity contribution in [1.82, 2.24) is 0 Å². The van der Waals surface area contributed by atoms with Crippen molar-refractivity contribution < 1.29 is 5.11 Å². The summed E-state index contributed by atoms with van der Waals surface area (Å²) in [6.45, 7) is 6.76. The van der Waals surface area contributed by atoms with Gasteiger partial charge < -0.3 is 5.11 Å². The first kappa shape index (κ1) is 12.3. The Kier molecular flexibility index (Phi) is 4.83. The van der Waals surface area contributed by atoms with Crippen molar-refractivity contribution in [3.63, 3.8) is 0 Å². The van der Waals surface area contributed by atoms with Gasteiger partial charge in [0.1, 0.15) is 0 Å². The SMILES string of the molecule is CCC(CC)C(CO)c1cccc(C)c1. The molecule has 1 aromatic carbocycles. The van der Waals surface area contributed by atoms with Crippen LogP contribution in [0.4, 0.5) is 0 Å². The highest BCUT2D eigenvalue weighted by molar-refractivity contribution is 5.26. The molecule has 1 heteroatoms. The van der Waals surface area contributed by atoms with E-state index in [1.165, 1.54) is 11.1 Å². The van der Waals surface area contributed by atoms with Gasteiger partial charge in [-0.1, -0.05) is 56.5 Å². The molecule has 0 aliphatic rings. The van der Waals surface area contributed by atoms with Gasteiger partial charge in [0.2, 0.25) is 0 Å². The smallest absolute Gasteiger partial charge is 0.0502 e. The quantitative estimate of drug-likeness (QED) is 0.781. The van der Waals surface area contributed by atoms with Crippen molar-refractivity contribution >= 4 is 0 Å². The topological polar surface area (TPSA) is 20.2 Å². The van der Waals surface area contributed by atoms with Gasteiger partial charge in [0.05, 0.1) is 6.61 Å². The van der Waals surface area contributed by atoms with Crippen LogP contribution < -0.4 is 0 Å². The Hall–Kier alpha value is -0.820. The molecule has 1 unspecified atom stereocenters. The molecule has 1 rings (SSSR count). The lowest BCUT2D eigenvalue weighted by molar-refractivity contribution is 0.218. The predicted molar refractivity (Wildman–Crippen MR) is 65.1 cm³/mol. The van der Waals surface area contributed by atoms with Crippen LogP contribution in [-0.2, 0) is 0 Å². The van der Waals surface area contributed by atoms with Gasteiger partial charge in [0.25, 0.3) is 0 Å². The molecule has 1 aromatic rings. The van der Waals surface area contributed by atoms with Crippen molar-refractivity contribution in [3.8, 4) is 0 Å². The zero-order chi connectivity index (χ0) is 11.3. The number of hydrogen-bond acceptors (Lipinski definition) is 1. The monoisotopic (exact) mass is 206 g/mol. The van der Waals surface area contributed by atoms with Crippen LogP contribution in [0.5, 0.6) is 0 Å². The maximum atomic E-state index is 9.50. The summed E-state index contributed by atoms with van der Waals surface area (Å²) in [7, 11) is 0. The van der Waals surface area contributed by atoms with E-state index in [1.807, 2.05) is 0 Å². The van der Waals surface area contributed by atoms with Crippen LogP contribution in [0.2, 0.25) is 0 Å². The van der Waals surface area contributed by atoms with E-state index in [9.17, 15) is 5.11 Å². The standard InChI is InChI=1S/C14H22O/c1-4-12(5-2)14(10-15)13-8-6-7-11(3)9-13/h6-9,12,14-15H,4-5,10H2,1-3H3. The predicted octanol–water partition coefficient (Wildman–Crippen LogP) is 3.51. The highest BCUT2D eigenvalue weighted by atomic mass is 16.3. The average Bonchev–Trinajstić information content (AvgIpc) is 2.25. The normalized spacial score (nSPS) is 13.1. The lowest BCUT2D eigenvalue weighted by atomic mass is 9.83. The fraction of sp³-hybridized carbons (Fsp3) is 0.571. The van der Waals surface area contributed by atoms with Crippen LogP contribution in [-0.4, -0.2) is 11.7 Å². The van der Waals surface area contributed by atoms with Crippen molar-refractivity contribution in [3.05, 3.63) is 35.4 Å². The van der Waals surface area contributed by atoms with E-state index in [0.717, 1.165) is 12.8 Å². The number of benzene rings is 1. The van der Waals surface area contributed by atoms with Crippen LogP contribution in [0.25, 0.3) is 0 Å². The molecule has 15 heavy (non-hydrogen) atoms. The molecule has 0 heterocycles. The maximum absolute atomic E-state index is 9.50. The molecule has 1 atom stereocenters. The van der Waals surface area contributed by atoms with Crippen molar-refractivity contribution in [2.24, 2.45) is 5.92 Å². The Morgan fingerprint density at radius 3 is 2.33 bits per heavy atom. The van der Waals surface area contributed by atoms with Crippen LogP contribution in [0, 0.1) is 12.8 Å². The van der Waals surface area contributed by atoms with Gasteiger partial charge in [0, 0.05) is 5.92 Å². The molecular weight excluding hydrogens is 184 g/mol. The fourth-order valence-electron chi connectivity index (χ4n) is 2.29. The summed E-state index contributed by atoms with van der Waals surface area (Å²) >= 11 is 0. The van der Waals surface area contributed by atoms with Gasteiger partial charge in [-0.05, 0) is 18.4 Å². The Morgan fingerprint density at radius 2 is 1.87 bits per heavy atom. The molecule has 0 saturated carbocycles. The molecule has 0 bridgehead atoms. The summed E-state index contributed by atoms with van der Waals surface area (Å²) in [4.78, 5) is 0. The first-order valence-electron chi connectivity index (χ1n) is 5.90. The highest BCUT2D eigenvalue weighted by Crippen LogP contribution is 2.29. The van der Waals surface area contributed by atoms with E-state index in [1.54, 1.807) is 0 Å². The third-order valence-electron chi connectivity index (χ3n) is 3.28. The molecule has 0 fully saturated rings. The number of aliphatic hydroxyl groups excluding tert-OH is 1. The second-order valence-corrected chi connectivity index (χ2v) is 4.28. The summed E-state index contributed by atoms with van der Waals surface area (Å²) in [6.07, 6.45) is 2.27. The number of aliphatic hydroxyl groups is 1. The van der Waals surface area contributed by atoms with Gasteiger partial charge in [0.15, 0.2) is 0 Å². The molecule has 0 aliphatic heterocycles. The van der Waals surface area contributed by atoms with Gasteiger partial charge in [-0.2, -0.15) is 0 Å². The van der Waals surface area contributed by atoms with Crippen LogP contribution in [0.1, 0.15) is 43.7 Å². The minimum atomic E-state index is 0.260. The molecule has 0 aliphatic carbocycles. The molecule has 84 valence electrons. The summed E-state index contributed by atoms with van der Waals surface area (Å²) in [5.41, 5.74) is 2.56. The van der Waals surface area contributed by atoms with Gasteiger partial charge >= 0.3 is 0 Å². The number of aryl methyl sites for hydroxylation is 1. The van der Waals surface area contributed by atoms with Gasteiger partial charge in [-0.15, -0.1) is 0 Å². The third-order valence-corrected chi connectivity index (χ3v) is 3.28. The zero-order valence-electron chi connectivity index (χ0n) is 10.0. The molecule has 1 nitrogen and oxygen atoms in total. The van der Waals surface area contributed by atoms with E-state index in [4.69, 9.17) is 0 Å². The first-order valence-corrected chi connectivity index (χ1v) is 5.90. The molecule has 0 saturated heterocycles. The summed E-state index contributed by atoms with van der Waals surface area (Å²) in [5.74, 6) is 0.900. The zero-order valence-corrected chi connectivity index (χ0v) is 10.0. The van der Waals surface area contributed by atoms with Crippen molar-refractivity contribution in [1.29, 1.82) is 0 Å². The third kappa shape index (κ3) is 3.07. The number of rotatable bonds is 5. The minimum Gasteiger partial charge on any atom is -0.396 e. The minimum absolute atomic E-state index is 0.260. The van der Waals surface area contributed by atoms with Crippen molar-refractivity contribution in [2.75, 3.05) is 6.61 Å². The summed E-state index contributed by atoms with van der Waals surface area (Å²) in [5, 5.41) is 9.50. The van der Waals surface area contributed by atoms with E-state index in [-0.39, 0.29) is 6.61 Å². The Balaban J connectivity index is 2.90.